The van der Waals surface area contributed by atoms with E-state index in [-0.39, 0.29) is 54.0 Å². The van der Waals surface area contributed by atoms with Gasteiger partial charge in [0.25, 0.3) is 0 Å². The standard InChI is InChI=1S/C16H19N3O9S.Na/c1-3-17-15(21)27-9-5-6-10-11(7-9)12-8-18(13(10)14(20)26-4-2)16(22)19(12)28-29(23,24)25;/h5-7,12-13H,3-4,8H2,1-2H3,(H,17,21)(H,23,24,25);/q;+1/p-1. The topological polar surface area (TPSA) is 155 Å². The molecule has 2 atom stereocenters. The van der Waals surface area contributed by atoms with Gasteiger partial charge in [0.05, 0.1) is 13.2 Å². The van der Waals surface area contributed by atoms with Crippen LogP contribution in [0.15, 0.2) is 18.2 Å². The van der Waals surface area contributed by atoms with E-state index in [1.807, 2.05) is 0 Å². The number of hydrogen-bond acceptors (Lipinski definition) is 9. The van der Waals surface area contributed by atoms with E-state index < -0.39 is 40.6 Å². The second-order valence-electron chi connectivity index (χ2n) is 6.12. The maximum atomic E-state index is 12.6. The molecule has 1 aromatic carbocycles. The van der Waals surface area contributed by atoms with E-state index in [1.165, 1.54) is 18.2 Å². The van der Waals surface area contributed by atoms with Crippen molar-refractivity contribution in [2.45, 2.75) is 25.9 Å². The fourth-order valence-electron chi connectivity index (χ4n) is 3.31. The smallest absolute Gasteiger partial charge is 0.724 e. The van der Waals surface area contributed by atoms with Gasteiger partial charge >= 0.3 is 47.7 Å². The van der Waals surface area contributed by atoms with Crippen LogP contribution in [0.2, 0.25) is 0 Å². The summed E-state index contributed by atoms with van der Waals surface area (Å²) >= 11 is 0. The van der Waals surface area contributed by atoms with E-state index in [2.05, 4.69) is 9.60 Å². The van der Waals surface area contributed by atoms with E-state index >= 15 is 0 Å². The van der Waals surface area contributed by atoms with Crippen LogP contribution in [-0.4, -0.2) is 60.7 Å². The van der Waals surface area contributed by atoms with Crippen LogP contribution in [-0.2, 0) is 24.2 Å². The zero-order chi connectivity index (χ0) is 21.3. The van der Waals surface area contributed by atoms with Crippen LogP contribution in [0.5, 0.6) is 5.75 Å². The second-order valence-corrected chi connectivity index (χ2v) is 7.09. The average molecular weight is 451 g/mol. The number of carbonyl (C=O) groups is 3. The number of urea groups is 1. The molecule has 0 aliphatic carbocycles. The summed E-state index contributed by atoms with van der Waals surface area (Å²) in [6.07, 6.45) is -0.718. The first-order chi connectivity index (χ1) is 13.7. The quantitative estimate of drug-likeness (QED) is 0.215. The molecular formula is C16H18N3NaO9S. The molecule has 158 valence electrons. The maximum absolute atomic E-state index is 12.6. The van der Waals surface area contributed by atoms with Gasteiger partial charge in [-0.1, -0.05) is 6.07 Å². The third-order valence-corrected chi connectivity index (χ3v) is 4.67. The van der Waals surface area contributed by atoms with Gasteiger partial charge in [0.1, 0.15) is 11.8 Å². The number of benzene rings is 1. The average Bonchev–Trinajstić information content (AvgIpc) is 2.88. The van der Waals surface area contributed by atoms with Crippen LogP contribution >= 0.6 is 0 Å². The van der Waals surface area contributed by atoms with Gasteiger partial charge in [-0.05, 0) is 37.1 Å². The molecule has 0 saturated carbocycles. The fourth-order valence-corrected chi connectivity index (χ4v) is 3.67. The Morgan fingerprint density at radius 3 is 2.57 bits per heavy atom. The number of nitrogens with one attached hydrogen (secondary N) is 1. The molecule has 1 saturated heterocycles. The molecule has 30 heavy (non-hydrogen) atoms. The summed E-state index contributed by atoms with van der Waals surface area (Å²) in [5.74, 6) is -0.639. The van der Waals surface area contributed by atoms with Crippen molar-refractivity contribution in [2.24, 2.45) is 0 Å². The van der Waals surface area contributed by atoms with Gasteiger partial charge in [-0.15, -0.1) is 0 Å². The summed E-state index contributed by atoms with van der Waals surface area (Å²) in [5, 5.41) is 2.84. The zero-order valence-corrected chi connectivity index (χ0v) is 19.3. The van der Waals surface area contributed by atoms with E-state index in [1.54, 1.807) is 13.8 Å². The van der Waals surface area contributed by atoms with Gasteiger partial charge in [-0.25, -0.2) is 22.8 Å². The van der Waals surface area contributed by atoms with Crippen LogP contribution in [0.3, 0.4) is 0 Å². The largest absolute Gasteiger partial charge is 1.00 e. The first-order valence-corrected chi connectivity index (χ1v) is 10.0. The van der Waals surface area contributed by atoms with Crippen molar-refractivity contribution >= 4 is 28.5 Å². The van der Waals surface area contributed by atoms with Crippen molar-refractivity contribution in [3.63, 3.8) is 0 Å². The SMILES string of the molecule is CCNC(=O)Oc1ccc2c(c1)C1CN(C(=O)N1OS(=O)(=O)[O-])C2C(=O)OCC.[Na+]. The van der Waals surface area contributed by atoms with Crippen molar-refractivity contribution in [1.29, 1.82) is 0 Å². The Morgan fingerprint density at radius 1 is 1.27 bits per heavy atom. The minimum Gasteiger partial charge on any atom is -0.724 e. The number of amides is 3. The predicted molar refractivity (Wildman–Crippen MR) is 93.0 cm³/mol. The number of hydrogen-bond donors (Lipinski definition) is 1. The van der Waals surface area contributed by atoms with Crippen molar-refractivity contribution < 1.29 is 70.7 Å². The molecule has 2 unspecified atom stereocenters. The van der Waals surface area contributed by atoms with Gasteiger partial charge < -0.3 is 24.2 Å². The molecular weight excluding hydrogens is 433 g/mol. The Hall–Kier alpha value is -1.90. The third kappa shape index (κ3) is 4.87. The normalized spacial score (nSPS) is 19.6. The summed E-state index contributed by atoms with van der Waals surface area (Å²) < 4.78 is 47.7. The molecule has 2 aliphatic rings. The van der Waals surface area contributed by atoms with E-state index in [4.69, 9.17) is 9.47 Å². The Balaban J connectivity index is 0.00000320. The number of ether oxygens (including phenoxy) is 2. The van der Waals surface area contributed by atoms with E-state index in [9.17, 15) is 27.4 Å². The molecule has 1 N–H and O–H groups in total. The Kier molecular flexibility index (Phi) is 7.71. The monoisotopic (exact) mass is 451 g/mol. The first kappa shape index (κ1) is 24.4. The van der Waals surface area contributed by atoms with Crippen molar-refractivity contribution in [2.75, 3.05) is 19.7 Å². The maximum Gasteiger partial charge on any atom is 1.00 e. The van der Waals surface area contributed by atoms with Crippen LogP contribution in [0.1, 0.15) is 37.1 Å². The van der Waals surface area contributed by atoms with Gasteiger partial charge in [0, 0.05) is 6.54 Å². The van der Waals surface area contributed by atoms with Crippen molar-refractivity contribution in [3.8, 4) is 5.75 Å². The van der Waals surface area contributed by atoms with Crippen LogP contribution in [0, 0.1) is 0 Å². The van der Waals surface area contributed by atoms with Crippen LogP contribution < -0.4 is 39.6 Å². The minimum atomic E-state index is -5.25. The van der Waals surface area contributed by atoms with Gasteiger partial charge in [-0.2, -0.15) is 9.35 Å². The first-order valence-electron chi connectivity index (χ1n) is 8.67. The molecule has 1 aromatic rings. The molecule has 2 aliphatic heterocycles. The zero-order valence-electron chi connectivity index (χ0n) is 16.5. The molecule has 3 rings (SSSR count). The number of fused-ring (bicyclic) bond motifs is 4. The van der Waals surface area contributed by atoms with Crippen LogP contribution in [0.25, 0.3) is 0 Å². The summed E-state index contributed by atoms with van der Waals surface area (Å²) in [7, 11) is -5.25. The van der Waals surface area contributed by atoms with E-state index in [0.29, 0.717) is 17.2 Å². The van der Waals surface area contributed by atoms with Crippen molar-refractivity contribution in [1.82, 2.24) is 15.3 Å². The van der Waals surface area contributed by atoms with Crippen molar-refractivity contribution in [3.05, 3.63) is 29.3 Å². The number of carbonyl (C=O) groups excluding carboxylic acids is 3. The summed E-state index contributed by atoms with van der Waals surface area (Å²) in [6.45, 7) is 3.57. The van der Waals surface area contributed by atoms with Gasteiger partial charge in [0.2, 0.25) is 10.4 Å². The Labute approximate surface area is 194 Å². The molecule has 0 radical (unpaired) electrons. The number of nitrogens with zero attached hydrogens (tertiary/aromatic N) is 2. The van der Waals surface area contributed by atoms with Crippen LogP contribution in [0.4, 0.5) is 9.59 Å². The van der Waals surface area contributed by atoms with Gasteiger partial charge in [-0.3, -0.25) is 0 Å². The fraction of sp³-hybridized carbons (Fsp3) is 0.438. The number of rotatable bonds is 6. The predicted octanol–water partition coefficient (Wildman–Crippen LogP) is -2.41. The Bertz CT molecular complexity index is 955. The van der Waals surface area contributed by atoms with E-state index in [0.717, 1.165) is 4.90 Å². The molecule has 14 heteroatoms. The molecule has 0 aromatic heterocycles. The molecule has 1 fully saturated rings. The summed E-state index contributed by atoms with van der Waals surface area (Å²) in [5.41, 5.74) is 0.626. The summed E-state index contributed by atoms with van der Waals surface area (Å²) in [4.78, 5) is 37.8. The molecule has 3 amide bonds. The molecule has 12 nitrogen and oxygen atoms in total. The second kappa shape index (κ2) is 9.49. The molecule has 2 heterocycles. The number of hydroxylamine groups is 2. The third-order valence-electron chi connectivity index (χ3n) is 4.32. The Morgan fingerprint density at radius 2 is 1.97 bits per heavy atom. The number of esters is 1. The summed E-state index contributed by atoms with van der Waals surface area (Å²) in [6, 6.07) is 1.11. The van der Waals surface area contributed by atoms with Gasteiger partial charge in [0.15, 0.2) is 6.04 Å². The molecule has 0 spiro atoms. The molecule has 2 bridgehead atoms. The minimum absolute atomic E-state index is 0.